The quantitative estimate of drug-likeness (QED) is 0.697. The van der Waals surface area contributed by atoms with Crippen LogP contribution < -0.4 is 4.74 Å². The zero-order valence-electron chi connectivity index (χ0n) is 13.6. The summed E-state index contributed by atoms with van der Waals surface area (Å²) in [5.41, 5.74) is 1.01. The number of methoxy groups -OCH3 is 1. The maximum atomic E-state index is 12.1. The molecule has 5 heteroatoms. The fourth-order valence-corrected chi connectivity index (χ4v) is 2.91. The van der Waals surface area contributed by atoms with Crippen molar-refractivity contribution in [1.82, 2.24) is 9.88 Å². The van der Waals surface area contributed by atoms with E-state index in [-0.39, 0.29) is 5.91 Å². The van der Waals surface area contributed by atoms with Gasteiger partial charge in [-0.05, 0) is 36.4 Å². The molecule has 0 unspecified atom stereocenters. The van der Waals surface area contributed by atoms with Gasteiger partial charge in [-0.3, -0.25) is 9.78 Å². The first-order valence-electron chi connectivity index (χ1n) is 7.60. The van der Waals surface area contributed by atoms with Crippen molar-refractivity contribution in [3.05, 3.63) is 54.4 Å². The number of amides is 1. The van der Waals surface area contributed by atoms with E-state index in [9.17, 15) is 4.79 Å². The van der Waals surface area contributed by atoms with Gasteiger partial charge >= 0.3 is 0 Å². The molecule has 1 aromatic carbocycles. The lowest BCUT2D eigenvalue weighted by atomic mass is 10.2. The van der Waals surface area contributed by atoms with E-state index >= 15 is 0 Å². The Balaban J connectivity index is 1.69. The monoisotopic (exact) mass is 330 g/mol. The van der Waals surface area contributed by atoms with Gasteiger partial charge in [-0.2, -0.15) is 0 Å². The molecular weight excluding hydrogens is 308 g/mol. The van der Waals surface area contributed by atoms with E-state index in [4.69, 9.17) is 4.74 Å². The Labute approximate surface area is 141 Å². The van der Waals surface area contributed by atoms with E-state index in [0.29, 0.717) is 13.0 Å². The zero-order valence-corrected chi connectivity index (χ0v) is 14.4. The van der Waals surface area contributed by atoms with Gasteiger partial charge in [0.25, 0.3) is 0 Å². The first-order chi connectivity index (χ1) is 11.2. The summed E-state index contributed by atoms with van der Waals surface area (Å²) in [5.74, 6) is 1.79. The van der Waals surface area contributed by atoms with Crippen LogP contribution in [-0.2, 0) is 11.2 Å². The fraction of sp³-hybridized carbons (Fsp3) is 0.333. The van der Waals surface area contributed by atoms with Crippen molar-refractivity contribution >= 4 is 17.7 Å². The number of hydrogen-bond donors (Lipinski definition) is 0. The number of ether oxygens (including phenoxy) is 1. The standard InChI is InChI=1S/C18H22N2O2S/c1-20(13-10-15-5-3-4-12-19-15)18(21)11-14-23-17-8-6-16(22-2)7-9-17/h3-9,12H,10-11,13-14H2,1-2H3. The fourth-order valence-electron chi connectivity index (χ4n) is 2.07. The number of hydrogen-bond acceptors (Lipinski definition) is 4. The van der Waals surface area contributed by atoms with Crippen molar-refractivity contribution in [3.8, 4) is 5.75 Å². The number of carbonyl (C=O) groups excluding carboxylic acids is 1. The molecule has 0 N–H and O–H groups in total. The SMILES string of the molecule is COc1ccc(SCCC(=O)N(C)CCc2ccccn2)cc1. The lowest BCUT2D eigenvalue weighted by molar-refractivity contribution is -0.129. The van der Waals surface area contributed by atoms with Crippen LogP contribution in [0.4, 0.5) is 0 Å². The van der Waals surface area contributed by atoms with Crippen LogP contribution in [0.15, 0.2) is 53.6 Å². The minimum atomic E-state index is 0.168. The van der Waals surface area contributed by atoms with E-state index < -0.39 is 0 Å². The van der Waals surface area contributed by atoms with Crippen LogP contribution in [0.25, 0.3) is 0 Å². The van der Waals surface area contributed by atoms with Crippen LogP contribution >= 0.6 is 11.8 Å². The van der Waals surface area contributed by atoms with E-state index in [1.165, 1.54) is 0 Å². The normalized spacial score (nSPS) is 10.3. The highest BCUT2D eigenvalue weighted by Crippen LogP contribution is 2.22. The maximum Gasteiger partial charge on any atom is 0.223 e. The molecular formula is C18H22N2O2S. The molecule has 0 bridgehead atoms. The third-order valence-corrected chi connectivity index (χ3v) is 4.51. The van der Waals surface area contributed by atoms with E-state index in [0.717, 1.165) is 28.5 Å². The smallest absolute Gasteiger partial charge is 0.223 e. The van der Waals surface area contributed by atoms with E-state index in [1.54, 1.807) is 30.0 Å². The second-order valence-corrected chi connectivity index (χ2v) is 6.33. The number of aromatic nitrogens is 1. The van der Waals surface area contributed by atoms with E-state index in [1.807, 2.05) is 49.5 Å². The van der Waals surface area contributed by atoms with Crippen molar-refractivity contribution in [2.24, 2.45) is 0 Å². The van der Waals surface area contributed by atoms with Crippen LogP contribution in [-0.4, -0.2) is 42.2 Å². The number of rotatable bonds is 8. The number of carbonyl (C=O) groups is 1. The molecule has 1 heterocycles. The van der Waals surface area contributed by atoms with Crippen LogP contribution in [0.1, 0.15) is 12.1 Å². The summed E-state index contributed by atoms with van der Waals surface area (Å²) in [7, 11) is 3.50. The van der Waals surface area contributed by atoms with Crippen molar-refractivity contribution in [2.75, 3.05) is 26.5 Å². The number of thioether (sulfide) groups is 1. The summed E-state index contributed by atoms with van der Waals surface area (Å²) in [4.78, 5) is 19.3. The predicted molar refractivity (Wildman–Crippen MR) is 93.9 cm³/mol. The maximum absolute atomic E-state index is 12.1. The van der Waals surface area contributed by atoms with Gasteiger partial charge in [0.05, 0.1) is 7.11 Å². The summed E-state index contributed by atoms with van der Waals surface area (Å²) >= 11 is 1.68. The van der Waals surface area contributed by atoms with Crippen LogP contribution in [0.5, 0.6) is 5.75 Å². The van der Waals surface area contributed by atoms with Gasteiger partial charge in [0, 0.05) is 49.0 Å². The number of likely N-dealkylation sites (N-methyl/N-ethyl adjacent to an activating group) is 1. The molecule has 0 atom stereocenters. The molecule has 1 aromatic heterocycles. The Bertz CT molecular complexity index is 602. The lowest BCUT2D eigenvalue weighted by Gasteiger charge is -2.16. The van der Waals surface area contributed by atoms with Gasteiger partial charge in [-0.15, -0.1) is 11.8 Å². The number of nitrogens with zero attached hydrogens (tertiary/aromatic N) is 2. The third-order valence-electron chi connectivity index (χ3n) is 3.50. The summed E-state index contributed by atoms with van der Waals surface area (Å²) in [6.07, 6.45) is 3.10. The summed E-state index contributed by atoms with van der Waals surface area (Å²) in [6.45, 7) is 0.697. The minimum Gasteiger partial charge on any atom is -0.497 e. The summed E-state index contributed by atoms with van der Waals surface area (Å²) in [6, 6.07) is 13.7. The van der Waals surface area contributed by atoms with Crippen LogP contribution in [0.3, 0.4) is 0 Å². The van der Waals surface area contributed by atoms with Crippen LogP contribution in [0.2, 0.25) is 0 Å². The Hall–Kier alpha value is -2.01. The lowest BCUT2D eigenvalue weighted by Crippen LogP contribution is -2.29. The average Bonchev–Trinajstić information content (AvgIpc) is 2.61. The van der Waals surface area contributed by atoms with Gasteiger partial charge in [-0.1, -0.05) is 6.07 Å². The molecule has 2 rings (SSSR count). The first-order valence-corrected chi connectivity index (χ1v) is 8.58. The molecule has 0 spiro atoms. The van der Waals surface area contributed by atoms with Gasteiger partial charge in [0.15, 0.2) is 0 Å². The Morgan fingerprint density at radius 2 is 2.00 bits per heavy atom. The predicted octanol–water partition coefficient (Wildman–Crippen LogP) is 3.27. The zero-order chi connectivity index (χ0) is 16.5. The molecule has 0 radical (unpaired) electrons. The molecule has 0 aliphatic carbocycles. The molecule has 2 aromatic rings. The Kier molecular flexibility index (Phi) is 6.94. The highest BCUT2D eigenvalue weighted by atomic mass is 32.2. The number of benzene rings is 1. The van der Waals surface area contributed by atoms with Gasteiger partial charge in [0.1, 0.15) is 5.75 Å². The van der Waals surface area contributed by atoms with Crippen molar-refractivity contribution in [3.63, 3.8) is 0 Å². The first kappa shape index (κ1) is 17.3. The van der Waals surface area contributed by atoms with Gasteiger partial charge in [0.2, 0.25) is 5.91 Å². The minimum absolute atomic E-state index is 0.168. The van der Waals surface area contributed by atoms with Gasteiger partial charge < -0.3 is 9.64 Å². The molecule has 0 aliphatic heterocycles. The summed E-state index contributed by atoms with van der Waals surface area (Å²) in [5, 5.41) is 0. The second kappa shape index (κ2) is 9.20. The Morgan fingerprint density at radius 3 is 2.65 bits per heavy atom. The van der Waals surface area contributed by atoms with Crippen molar-refractivity contribution in [2.45, 2.75) is 17.7 Å². The van der Waals surface area contributed by atoms with Crippen molar-refractivity contribution in [1.29, 1.82) is 0 Å². The van der Waals surface area contributed by atoms with Gasteiger partial charge in [-0.25, -0.2) is 0 Å². The topological polar surface area (TPSA) is 42.4 Å². The van der Waals surface area contributed by atoms with Crippen molar-refractivity contribution < 1.29 is 9.53 Å². The molecule has 23 heavy (non-hydrogen) atoms. The molecule has 0 fully saturated rings. The largest absolute Gasteiger partial charge is 0.497 e. The molecule has 0 saturated carbocycles. The molecule has 0 aliphatic rings. The molecule has 4 nitrogen and oxygen atoms in total. The highest BCUT2D eigenvalue weighted by Gasteiger charge is 2.09. The van der Waals surface area contributed by atoms with Crippen LogP contribution in [0, 0.1) is 0 Å². The second-order valence-electron chi connectivity index (χ2n) is 5.16. The summed E-state index contributed by atoms with van der Waals surface area (Å²) < 4.78 is 5.13. The van der Waals surface area contributed by atoms with E-state index in [2.05, 4.69) is 4.98 Å². The highest BCUT2D eigenvalue weighted by molar-refractivity contribution is 7.99. The average molecular weight is 330 g/mol. The number of pyridine rings is 1. The third kappa shape index (κ3) is 5.94. The molecule has 122 valence electrons. The molecule has 0 saturated heterocycles. The molecule has 1 amide bonds. The Morgan fingerprint density at radius 1 is 1.22 bits per heavy atom.